The molecule has 0 unspecified atom stereocenters. The molecule has 1 heterocycles. The van der Waals surface area contributed by atoms with Gasteiger partial charge in [-0.3, -0.25) is 0 Å². The molecule has 3 nitrogen and oxygen atoms in total. The molecule has 0 saturated carbocycles. The molecule has 0 atom stereocenters. The summed E-state index contributed by atoms with van der Waals surface area (Å²) in [6, 6.07) is 11.3. The van der Waals surface area contributed by atoms with Gasteiger partial charge >= 0.3 is 0 Å². The fourth-order valence-electron chi connectivity index (χ4n) is 3.12. The van der Waals surface area contributed by atoms with Crippen LogP contribution in [0, 0.1) is 11.6 Å². The zero-order valence-electron chi connectivity index (χ0n) is 15.1. The van der Waals surface area contributed by atoms with Gasteiger partial charge in [0, 0.05) is 11.5 Å². The standard InChI is InChI=1S/C21H24F2O3/c1-3-5-14-6-8-15(9-7-14)16-12-25-21(26-13-16)17-10-11-18(24-4-2)20(23)19(17)22/h6-11,16,21H,3-5,12-13H2,1-2H3. The number of rotatable bonds is 6. The lowest BCUT2D eigenvalue weighted by Gasteiger charge is -2.30. The van der Waals surface area contributed by atoms with E-state index in [0.29, 0.717) is 13.2 Å². The van der Waals surface area contributed by atoms with Crippen LogP contribution < -0.4 is 4.74 Å². The van der Waals surface area contributed by atoms with Gasteiger partial charge in [-0.2, -0.15) is 4.39 Å². The Morgan fingerprint density at radius 2 is 1.65 bits per heavy atom. The highest BCUT2D eigenvalue weighted by Crippen LogP contribution is 2.34. The molecule has 1 aliphatic heterocycles. The van der Waals surface area contributed by atoms with Crippen LogP contribution >= 0.6 is 0 Å². The van der Waals surface area contributed by atoms with E-state index < -0.39 is 17.9 Å². The first-order valence-corrected chi connectivity index (χ1v) is 9.06. The number of aryl methyl sites for hydroxylation is 1. The van der Waals surface area contributed by atoms with Crippen LogP contribution in [0.15, 0.2) is 36.4 Å². The van der Waals surface area contributed by atoms with Crippen molar-refractivity contribution in [2.45, 2.75) is 38.9 Å². The number of halogens is 2. The SMILES string of the molecule is CCCc1ccc(C2COC(c3ccc(OCC)c(F)c3F)OC2)cc1. The van der Waals surface area contributed by atoms with Crippen molar-refractivity contribution in [2.75, 3.05) is 19.8 Å². The first-order chi connectivity index (χ1) is 12.6. The highest BCUT2D eigenvalue weighted by Gasteiger charge is 2.28. The second kappa shape index (κ2) is 8.60. The molecule has 140 valence electrons. The van der Waals surface area contributed by atoms with E-state index in [0.717, 1.165) is 18.4 Å². The van der Waals surface area contributed by atoms with Crippen LogP contribution in [0.4, 0.5) is 8.78 Å². The normalized spacial score (nSPS) is 20.2. The van der Waals surface area contributed by atoms with Crippen LogP contribution in [0.3, 0.4) is 0 Å². The van der Waals surface area contributed by atoms with Gasteiger partial charge in [0.2, 0.25) is 5.82 Å². The summed E-state index contributed by atoms with van der Waals surface area (Å²) in [6.07, 6.45) is 1.26. The van der Waals surface area contributed by atoms with Gasteiger partial charge in [-0.25, -0.2) is 4.39 Å². The number of hydrogen-bond donors (Lipinski definition) is 0. The molecule has 2 aromatic rings. The van der Waals surface area contributed by atoms with E-state index in [4.69, 9.17) is 14.2 Å². The van der Waals surface area contributed by atoms with Crippen molar-refractivity contribution in [3.05, 3.63) is 64.7 Å². The van der Waals surface area contributed by atoms with Gasteiger partial charge < -0.3 is 14.2 Å². The summed E-state index contributed by atoms with van der Waals surface area (Å²) < 4.78 is 44.7. The van der Waals surface area contributed by atoms with Gasteiger partial charge in [0.15, 0.2) is 17.9 Å². The summed E-state index contributed by atoms with van der Waals surface area (Å²) in [6.45, 7) is 4.93. The van der Waals surface area contributed by atoms with E-state index >= 15 is 0 Å². The van der Waals surface area contributed by atoms with E-state index in [1.807, 2.05) is 0 Å². The molecule has 3 rings (SSSR count). The lowest BCUT2D eigenvalue weighted by molar-refractivity contribution is -0.193. The molecule has 26 heavy (non-hydrogen) atoms. The molecule has 0 aliphatic carbocycles. The summed E-state index contributed by atoms with van der Waals surface area (Å²) in [5.41, 5.74) is 2.49. The topological polar surface area (TPSA) is 27.7 Å². The molecule has 2 aromatic carbocycles. The van der Waals surface area contributed by atoms with Gasteiger partial charge in [-0.05, 0) is 36.6 Å². The predicted molar refractivity (Wildman–Crippen MR) is 95.4 cm³/mol. The molecule has 1 aliphatic rings. The van der Waals surface area contributed by atoms with E-state index in [9.17, 15) is 8.78 Å². The lowest BCUT2D eigenvalue weighted by atomic mass is 9.97. The maximum atomic E-state index is 14.3. The molecule has 0 N–H and O–H groups in total. The minimum Gasteiger partial charge on any atom is -0.491 e. The van der Waals surface area contributed by atoms with E-state index in [1.165, 1.54) is 17.7 Å². The Balaban J connectivity index is 1.66. The maximum Gasteiger partial charge on any atom is 0.201 e. The van der Waals surface area contributed by atoms with Crippen LogP contribution in [0.25, 0.3) is 0 Å². The van der Waals surface area contributed by atoms with Crippen molar-refractivity contribution in [3.8, 4) is 5.75 Å². The van der Waals surface area contributed by atoms with Gasteiger partial charge in [-0.1, -0.05) is 37.6 Å². The fraction of sp³-hybridized carbons (Fsp3) is 0.429. The minimum atomic E-state index is -1.01. The smallest absolute Gasteiger partial charge is 0.201 e. The highest BCUT2D eigenvalue weighted by atomic mass is 19.2. The molecular weight excluding hydrogens is 338 g/mol. The Labute approximate surface area is 152 Å². The lowest BCUT2D eigenvalue weighted by Crippen LogP contribution is -2.26. The van der Waals surface area contributed by atoms with Crippen molar-refractivity contribution in [2.24, 2.45) is 0 Å². The van der Waals surface area contributed by atoms with Gasteiger partial charge in [-0.15, -0.1) is 0 Å². The Morgan fingerprint density at radius 1 is 0.962 bits per heavy atom. The predicted octanol–water partition coefficient (Wildman–Crippen LogP) is 5.15. The molecule has 1 saturated heterocycles. The molecule has 0 amide bonds. The van der Waals surface area contributed by atoms with E-state index in [1.54, 1.807) is 6.92 Å². The Kier molecular flexibility index (Phi) is 6.22. The molecule has 0 radical (unpaired) electrons. The molecule has 5 heteroatoms. The Morgan fingerprint density at radius 3 is 2.27 bits per heavy atom. The van der Waals surface area contributed by atoms with Crippen molar-refractivity contribution in [3.63, 3.8) is 0 Å². The summed E-state index contributed by atoms with van der Waals surface area (Å²) >= 11 is 0. The summed E-state index contributed by atoms with van der Waals surface area (Å²) in [7, 11) is 0. The first-order valence-electron chi connectivity index (χ1n) is 9.06. The zero-order valence-corrected chi connectivity index (χ0v) is 15.1. The van der Waals surface area contributed by atoms with Crippen LogP contribution in [0.5, 0.6) is 5.75 Å². The van der Waals surface area contributed by atoms with Gasteiger partial charge in [0.25, 0.3) is 0 Å². The summed E-state index contributed by atoms with van der Waals surface area (Å²) in [5, 5.41) is 0. The molecular formula is C21H24F2O3. The quantitative estimate of drug-likeness (QED) is 0.712. The highest BCUT2D eigenvalue weighted by molar-refractivity contribution is 5.32. The number of hydrogen-bond acceptors (Lipinski definition) is 3. The van der Waals surface area contributed by atoms with Crippen LogP contribution in [0.1, 0.15) is 49.2 Å². The second-order valence-corrected chi connectivity index (χ2v) is 6.40. The van der Waals surface area contributed by atoms with Crippen molar-refractivity contribution in [1.82, 2.24) is 0 Å². The third-order valence-electron chi connectivity index (χ3n) is 4.52. The van der Waals surface area contributed by atoms with Crippen LogP contribution in [-0.4, -0.2) is 19.8 Å². The Hall–Kier alpha value is -1.98. The van der Waals surface area contributed by atoms with Crippen LogP contribution in [-0.2, 0) is 15.9 Å². The molecule has 0 bridgehead atoms. The molecule has 0 spiro atoms. The Bertz CT molecular complexity index is 723. The molecule has 1 fully saturated rings. The summed E-state index contributed by atoms with van der Waals surface area (Å²) in [5.74, 6) is -2.01. The summed E-state index contributed by atoms with van der Waals surface area (Å²) in [4.78, 5) is 0. The molecule has 0 aromatic heterocycles. The largest absolute Gasteiger partial charge is 0.491 e. The second-order valence-electron chi connectivity index (χ2n) is 6.40. The third-order valence-corrected chi connectivity index (χ3v) is 4.52. The maximum absolute atomic E-state index is 14.3. The zero-order chi connectivity index (χ0) is 18.5. The van der Waals surface area contributed by atoms with E-state index in [2.05, 4.69) is 31.2 Å². The number of ether oxygens (including phenoxy) is 3. The minimum absolute atomic E-state index is 0.0581. The van der Waals surface area contributed by atoms with Crippen LogP contribution in [0.2, 0.25) is 0 Å². The van der Waals surface area contributed by atoms with Crippen molar-refractivity contribution >= 4 is 0 Å². The average molecular weight is 362 g/mol. The fourth-order valence-corrected chi connectivity index (χ4v) is 3.12. The van der Waals surface area contributed by atoms with Crippen molar-refractivity contribution in [1.29, 1.82) is 0 Å². The number of benzene rings is 2. The first kappa shape index (κ1) is 18.8. The van der Waals surface area contributed by atoms with Gasteiger partial charge in [0.05, 0.1) is 19.8 Å². The average Bonchev–Trinajstić information content (AvgIpc) is 2.67. The monoisotopic (exact) mass is 362 g/mol. The third kappa shape index (κ3) is 4.05. The van der Waals surface area contributed by atoms with Gasteiger partial charge in [0.1, 0.15) is 0 Å². The van der Waals surface area contributed by atoms with E-state index in [-0.39, 0.29) is 23.8 Å². The van der Waals surface area contributed by atoms with Crippen molar-refractivity contribution < 1.29 is 23.0 Å².